The van der Waals surface area contributed by atoms with Crippen LogP contribution in [0.4, 0.5) is 0 Å². The summed E-state index contributed by atoms with van der Waals surface area (Å²) in [4.78, 5) is 19.3. The standard InChI is InChI=1S/2C8H20N.C5H8O4/c2*1-5-9(6-2,7-3)8-4;6-4(7)2-1-3-5(8)9/h2*5-8H2,1-4H3;1-3H2,(H,6,7)(H,8,9)/q2*+1;/p-2. The maximum Gasteiger partial charge on any atom is 0.0757 e. The Hall–Kier alpha value is -1.14. The Morgan fingerprint density at radius 2 is 0.704 bits per heavy atom. The molecule has 0 radical (unpaired) electrons. The summed E-state index contributed by atoms with van der Waals surface area (Å²) in [7, 11) is 0. The smallest absolute Gasteiger partial charge is 0.0757 e. The highest BCUT2D eigenvalue weighted by molar-refractivity contribution is 5.67. The number of carboxylic acids is 2. The van der Waals surface area contributed by atoms with Crippen LogP contribution in [0.3, 0.4) is 0 Å². The number of rotatable bonds is 12. The van der Waals surface area contributed by atoms with Crippen LogP contribution in [-0.2, 0) is 9.59 Å². The van der Waals surface area contributed by atoms with Gasteiger partial charge in [-0.2, -0.15) is 0 Å². The van der Waals surface area contributed by atoms with Crippen molar-refractivity contribution >= 4 is 11.9 Å². The van der Waals surface area contributed by atoms with Gasteiger partial charge in [0, 0.05) is 11.9 Å². The van der Waals surface area contributed by atoms with Gasteiger partial charge in [0.2, 0.25) is 0 Å². The lowest BCUT2D eigenvalue weighted by atomic mass is 10.2. The molecule has 0 aromatic rings. The topological polar surface area (TPSA) is 80.3 Å². The SMILES string of the molecule is CC[N+](CC)(CC)CC.CC[N+](CC)(CC)CC.O=C([O-])CCCC(=O)[O-]. The summed E-state index contributed by atoms with van der Waals surface area (Å²) in [5.41, 5.74) is 0. The van der Waals surface area contributed by atoms with Gasteiger partial charge in [0.15, 0.2) is 0 Å². The molecule has 164 valence electrons. The summed E-state index contributed by atoms with van der Waals surface area (Å²) in [6, 6.07) is 0. The number of carbonyl (C=O) groups is 2. The molecule has 0 unspecified atom stereocenters. The molecule has 0 aromatic carbocycles. The van der Waals surface area contributed by atoms with Crippen LogP contribution in [0.5, 0.6) is 0 Å². The summed E-state index contributed by atoms with van der Waals surface area (Å²) in [6.07, 6.45) is -0.341. The van der Waals surface area contributed by atoms with Gasteiger partial charge in [-0.3, -0.25) is 0 Å². The zero-order valence-corrected chi connectivity index (χ0v) is 19.3. The number of carboxylic acid groups (broad SMARTS) is 2. The third-order valence-electron chi connectivity index (χ3n) is 6.13. The number of hydrogen-bond donors (Lipinski definition) is 0. The highest BCUT2D eigenvalue weighted by Crippen LogP contribution is 2.04. The van der Waals surface area contributed by atoms with Crippen LogP contribution in [0.2, 0.25) is 0 Å². The van der Waals surface area contributed by atoms with E-state index in [9.17, 15) is 19.8 Å². The Morgan fingerprint density at radius 1 is 0.519 bits per heavy atom. The number of carbonyl (C=O) groups excluding carboxylic acids is 2. The molecule has 0 bridgehead atoms. The molecule has 0 fully saturated rings. The largest absolute Gasteiger partial charge is 0.550 e. The summed E-state index contributed by atoms with van der Waals surface area (Å²) in [5.74, 6) is -2.45. The number of nitrogens with zero attached hydrogens (tertiary/aromatic N) is 2. The van der Waals surface area contributed by atoms with Crippen molar-refractivity contribution < 1.29 is 28.8 Å². The third-order valence-corrected chi connectivity index (χ3v) is 6.13. The minimum atomic E-state index is -1.23. The molecule has 0 N–H and O–H groups in total. The van der Waals surface area contributed by atoms with E-state index in [0.29, 0.717) is 0 Å². The maximum absolute atomic E-state index is 9.66. The van der Waals surface area contributed by atoms with Gasteiger partial charge >= 0.3 is 0 Å². The molecule has 0 rings (SSSR count). The van der Waals surface area contributed by atoms with Crippen LogP contribution in [0.15, 0.2) is 0 Å². The fourth-order valence-electron chi connectivity index (χ4n) is 3.06. The van der Waals surface area contributed by atoms with Crippen molar-refractivity contribution in [2.75, 3.05) is 52.4 Å². The first-order valence-electron chi connectivity index (χ1n) is 10.7. The van der Waals surface area contributed by atoms with Crippen LogP contribution in [0, 0.1) is 0 Å². The first-order valence-corrected chi connectivity index (χ1v) is 10.7. The van der Waals surface area contributed by atoms with Crippen LogP contribution in [0.1, 0.15) is 74.7 Å². The minimum Gasteiger partial charge on any atom is -0.550 e. The van der Waals surface area contributed by atoms with E-state index in [2.05, 4.69) is 55.4 Å². The predicted molar refractivity (Wildman–Crippen MR) is 109 cm³/mol. The minimum absolute atomic E-state index is 0.0880. The molecule has 0 heterocycles. The second-order valence-corrected chi connectivity index (χ2v) is 6.81. The highest BCUT2D eigenvalue weighted by atomic mass is 16.4. The van der Waals surface area contributed by atoms with Gasteiger partial charge in [-0.1, -0.05) is 0 Å². The van der Waals surface area contributed by atoms with Crippen LogP contribution in [-0.4, -0.2) is 73.3 Å². The van der Waals surface area contributed by atoms with Gasteiger partial charge in [-0.25, -0.2) is 0 Å². The summed E-state index contributed by atoms with van der Waals surface area (Å²) in [5, 5.41) is 19.3. The van der Waals surface area contributed by atoms with E-state index in [4.69, 9.17) is 0 Å². The molecular weight excluding hydrogens is 344 g/mol. The van der Waals surface area contributed by atoms with Gasteiger partial charge in [0.05, 0.1) is 52.4 Å². The Labute approximate surface area is 168 Å². The van der Waals surface area contributed by atoms with E-state index in [1.54, 1.807) is 0 Å². The molecule has 0 saturated heterocycles. The van der Waals surface area contributed by atoms with Crippen molar-refractivity contribution in [3.05, 3.63) is 0 Å². The monoisotopic (exact) mass is 390 g/mol. The van der Waals surface area contributed by atoms with Gasteiger partial charge < -0.3 is 28.8 Å². The number of aliphatic carboxylic acids is 2. The average Bonchev–Trinajstić information content (AvgIpc) is 2.67. The van der Waals surface area contributed by atoms with Gasteiger partial charge in [0.1, 0.15) is 0 Å². The summed E-state index contributed by atoms with van der Waals surface area (Å²) in [6.45, 7) is 28.4. The predicted octanol–water partition coefficient (Wildman–Crippen LogP) is 1.42. The van der Waals surface area contributed by atoms with E-state index in [0.717, 1.165) is 0 Å². The van der Waals surface area contributed by atoms with Gasteiger partial charge in [-0.05, 0) is 74.7 Å². The Morgan fingerprint density at radius 3 is 0.778 bits per heavy atom. The normalized spacial score (nSPS) is 11.0. The maximum atomic E-state index is 9.66. The lowest BCUT2D eigenvalue weighted by Gasteiger charge is -2.34. The van der Waals surface area contributed by atoms with Gasteiger partial charge in [0.25, 0.3) is 0 Å². The molecule has 0 spiro atoms. The highest BCUT2D eigenvalue weighted by Gasteiger charge is 2.16. The summed E-state index contributed by atoms with van der Waals surface area (Å²) < 4.78 is 2.56. The fraction of sp³-hybridized carbons (Fsp3) is 0.905. The molecule has 0 saturated carbocycles. The Kier molecular flexibility index (Phi) is 20.7. The molecule has 6 heteroatoms. The Bertz CT molecular complexity index is 296. The van der Waals surface area contributed by atoms with Crippen LogP contribution < -0.4 is 10.2 Å². The fourth-order valence-corrected chi connectivity index (χ4v) is 3.06. The number of hydrogen-bond acceptors (Lipinski definition) is 4. The molecule has 0 aromatic heterocycles. The van der Waals surface area contributed by atoms with E-state index < -0.39 is 11.9 Å². The molecule has 0 amide bonds. The quantitative estimate of drug-likeness (QED) is 0.472. The van der Waals surface area contributed by atoms with Crippen LogP contribution in [0.25, 0.3) is 0 Å². The summed E-state index contributed by atoms with van der Waals surface area (Å²) >= 11 is 0. The average molecular weight is 391 g/mol. The van der Waals surface area contributed by atoms with E-state index >= 15 is 0 Å². The molecule has 27 heavy (non-hydrogen) atoms. The van der Waals surface area contributed by atoms with Crippen molar-refractivity contribution in [1.29, 1.82) is 0 Å². The van der Waals surface area contributed by atoms with Crippen molar-refractivity contribution in [1.82, 2.24) is 0 Å². The van der Waals surface area contributed by atoms with Crippen molar-refractivity contribution in [3.63, 3.8) is 0 Å². The van der Waals surface area contributed by atoms with Crippen molar-refractivity contribution in [3.8, 4) is 0 Å². The number of quaternary nitrogens is 2. The third kappa shape index (κ3) is 15.6. The van der Waals surface area contributed by atoms with E-state index in [-0.39, 0.29) is 19.3 Å². The second-order valence-electron chi connectivity index (χ2n) is 6.81. The zero-order chi connectivity index (χ0) is 21.9. The van der Waals surface area contributed by atoms with Gasteiger partial charge in [-0.15, -0.1) is 0 Å². The van der Waals surface area contributed by atoms with E-state index in [1.807, 2.05) is 0 Å². The van der Waals surface area contributed by atoms with Crippen molar-refractivity contribution in [2.24, 2.45) is 0 Å². The lowest BCUT2D eigenvalue weighted by Crippen LogP contribution is -2.47. The molecule has 6 nitrogen and oxygen atoms in total. The Balaban J connectivity index is -0.000000320. The lowest BCUT2D eigenvalue weighted by molar-refractivity contribution is -0.921. The first kappa shape index (κ1) is 30.6. The second kappa shape index (κ2) is 18.2. The molecule has 0 atom stereocenters. The zero-order valence-electron chi connectivity index (χ0n) is 19.3. The van der Waals surface area contributed by atoms with Crippen LogP contribution >= 0.6 is 0 Å². The molecule has 0 aliphatic heterocycles. The first-order chi connectivity index (χ1) is 12.6. The van der Waals surface area contributed by atoms with E-state index in [1.165, 1.54) is 61.3 Å². The molecule has 0 aliphatic carbocycles. The van der Waals surface area contributed by atoms with Crippen molar-refractivity contribution in [2.45, 2.75) is 74.7 Å². The molecular formula is C21H46N2O4. The molecule has 0 aliphatic rings.